The Morgan fingerprint density at radius 1 is 1.24 bits per heavy atom. The minimum Gasteiger partial charge on any atom is -0.366 e. The molecule has 84 valence electrons. The Morgan fingerprint density at radius 2 is 1.82 bits per heavy atom. The molecule has 0 spiro atoms. The summed E-state index contributed by atoms with van der Waals surface area (Å²) in [6.45, 7) is 0. The van der Waals surface area contributed by atoms with Crippen LogP contribution in [0.4, 0.5) is 0 Å². The van der Waals surface area contributed by atoms with Gasteiger partial charge in [-0.3, -0.25) is 14.4 Å². The van der Waals surface area contributed by atoms with E-state index in [-0.39, 0.29) is 0 Å². The molecule has 2 N–H and O–H groups in total. The number of nitrogens with zero attached hydrogens (tertiary/aromatic N) is 6. The average molecular weight is 233 g/mol. The van der Waals surface area contributed by atoms with Crippen LogP contribution in [0.5, 0.6) is 0 Å². The fourth-order valence-corrected chi connectivity index (χ4v) is 1.12. The topological polar surface area (TPSA) is 175 Å². The molecule has 0 saturated carbocycles. The predicted octanol–water partition coefficient (Wildman–Crippen LogP) is 0.382. The number of azide groups is 2. The summed E-state index contributed by atoms with van der Waals surface area (Å²) < 4.78 is 0. The number of carbonyl (C=O) groups is 3. The van der Waals surface area contributed by atoms with Crippen molar-refractivity contribution in [2.45, 2.75) is 0 Å². The second-order valence-corrected chi connectivity index (χ2v) is 2.69. The third kappa shape index (κ3) is 2.12. The molecule has 1 aliphatic carbocycles. The number of nitrogens with two attached hydrogens (primary N) is 1. The molecule has 17 heavy (non-hydrogen) atoms. The zero-order valence-electron chi connectivity index (χ0n) is 8.06. The molecule has 0 aliphatic heterocycles. The van der Waals surface area contributed by atoms with Gasteiger partial charge in [-0.25, -0.2) is 0 Å². The highest BCUT2D eigenvalue weighted by atomic mass is 16.2. The third-order valence-corrected chi connectivity index (χ3v) is 1.74. The van der Waals surface area contributed by atoms with Crippen LogP contribution in [-0.2, 0) is 14.4 Å². The van der Waals surface area contributed by atoms with Crippen LogP contribution in [0.15, 0.2) is 33.3 Å². The molecule has 0 aromatic carbocycles. The Hall–Kier alpha value is -3.09. The van der Waals surface area contributed by atoms with Crippen LogP contribution >= 0.6 is 0 Å². The van der Waals surface area contributed by atoms with Crippen LogP contribution in [0.25, 0.3) is 20.9 Å². The van der Waals surface area contributed by atoms with E-state index in [1.807, 2.05) is 0 Å². The van der Waals surface area contributed by atoms with E-state index in [0.29, 0.717) is 6.08 Å². The summed E-state index contributed by atoms with van der Waals surface area (Å²) in [7, 11) is 0. The fraction of sp³-hybridized carbons (Fsp3) is 0. The standard InChI is InChI=1S/C7H3N7O3/c8-7(17)4-2(11-13-9)1-3(15)6(16)5(4)12-14-10/h1H,(H2,8,17). The predicted molar refractivity (Wildman–Crippen MR) is 52.6 cm³/mol. The molecule has 0 fully saturated rings. The van der Waals surface area contributed by atoms with Crippen molar-refractivity contribution in [1.82, 2.24) is 0 Å². The largest absolute Gasteiger partial charge is 0.366 e. The van der Waals surface area contributed by atoms with Gasteiger partial charge in [0.2, 0.25) is 17.5 Å². The van der Waals surface area contributed by atoms with Crippen molar-refractivity contribution in [3.05, 3.63) is 43.9 Å². The van der Waals surface area contributed by atoms with Crippen molar-refractivity contribution < 1.29 is 14.4 Å². The Morgan fingerprint density at radius 3 is 2.29 bits per heavy atom. The Balaban J connectivity index is 3.63. The van der Waals surface area contributed by atoms with Gasteiger partial charge in [-0.05, 0) is 17.1 Å². The maximum absolute atomic E-state index is 11.3. The summed E-state index contributed by atoms with van der Waals surface area (Å²) in [6, 6.07) is 0. The van der Waals surface area contributed by atoms with Gasteiger partial charge in [0.05, 0.1) is 11.3 Å². The summed E-state index contributed by atoms with van der Waals surface area (Å²) in [5, 5.41) is 5.95. The van der Waals surface area contributed by atoms with E-state index in [0.717, 1.165) is 0 Å². The molecule has 1 amide bonds. The molecule has 0 heterocycles. The van der Waals surface area contributed by atoms with Gasteiger partial charge in [-0.2, -0.15) is 0 Å². The summed E-state index contributed by atoms with van der Waals surface area (Å²) in [5.41, 5.74) is 19.6. The number of amides is 1. The number of ketones is 2. The molecular formula is C7H3N7O3. The van der Waals surface area contributed by atoms with Gasteiger partial charge >= 0.3 is 0 Å². The van der Waals surface area contributed by atoms with Gasteiger partial charge in [0, 0.05) is 9.82 Å². The lowest BCUT2D eigenvalue weighted by molar-refractivity contribution is -0.131. The molecule has 10 nitrogen and oxygen atoms in total. The van der Waals surface area contributed by atoms with E-state index in [1.54, 1.807) is 0 Å². The molecule has 0 atom stereocenters. The van der Waals surface area contributed by atoms with Crippen molar-refractivity contribution in [2.75, 3.05) is 0 Å². The Kier molecular flexibility index (Phi) is 3.26. The molecule has 0 bridgehead atoms. The van der Waals surface area contributed by atoms with Gasteiger partial charge in [0.1, 0.15) is 5.70 Å². The minimum atomic E-state index is -1.19. The summed E-state index contributed by atoms with van der Waals surface area (Å²) >= 11 is 0. The van der Waals surface area contributed by atoms with Gasteiger partial charge < -0.3 is 5.73 Å². The first-order chi connectivity index (χ1) is 8.02. The highest BCUT2D eigenvalue weighted by Crippen LogP contribution is 2.23. The van der Waals surface area contributed by atoms with E-state index < -0.39 is 34.4 Å². The smallest absolute Gasteiger partial charge is 0.249 e. The van der Waals surface area contributed by atoms with Gasteiger partial charge in [0.15, 0.2) is 0 Å². The Bertz CT molecular complexity index is 587. The monoisotopic (exact) mass is 233 g/mol. The minimum absolute atomic E-state index is 0.452. The summed E-state index contributed by atoms with van der Waals surface area (Å²) in [4.78, 5) is 38.2. The van der Waals surface area contributed by atoms with Crippen LogP contribution in [-0.4, -0.2) is 17.5 Å². The maximum Gasteiger partial charge on any atom is 0.249 e. The first-order valence-electron chi connectivity index (χ1n) is 3.98. The van der Waals surface area contributed by atoms with E-state index >= 15 is 0 Å². The number of rotatable bonds is 3. The molecular weight excluding hydrogens is 230 g/mol. The number of hydrogen-bond donors (Lipinski definition) is 1. The molecule has 0 radical (unpaired) electrons. The lowest BCUT2D eigenvalue weighted by Gasteiger charge is -2.11. The van der Waals surface area contributed by atoms with Crippen molar-refractivity contribution >= 4 is 17.5 Å². The first-order valence-corrected chi connectivity index (χ1v) is 3.98. The molecule has 10 heteroatoms. The summed E-state index contributed by atoms with van der Waals surface area (Å²) in [5.74, 6) is -3.40. The quantitative estimate of drug-likeness (QED) is 0.244. The molecule has 0 saturated heterocycles. The van der Waals surface area contributed by atoms with Crippen molar-refractivity contribution in [1.29, 1.82) is 0 Å². The van der Waals surface area contributed by atoms with Crippen LogP contribution in [0, 0.1) is 0 Å². The maximum atomic E-state index is 11.3. The van der Waals surface area contributed by atoms with Crippen LogP contribution < -0.4 is 5.73 Å². The number of primary amides is 1. The van der Waals surface area contributed by atoms with Crippen molar-refractivity contribution in [3.8, 4) is 0 Å². The number of Topliss-reactive ketones (excluding diaryl/α,β-unsaturated/α-hetero) is 1. The van der Waals surface area contributed by atoms with Gasteiger partial charge in [0.25, 0.3) is 0 Å². The van der Waals surface area contributed by atoms with Crippen LogP contribution in [0.3, 0.4) is 0 Å². The number of hydrogen-bond acceptors (Lipinski definition) is 5. The number of allylic oxidation sites excluding steroid dienone is 2. The zero-order valence-corrected chi connectivity index (χ0v) is 8.06. The summed E-state index contributed by atoms with van der Waals surface area (Å²) in [6.07, 6.45) is 0.651. The SMILES string of the molecule is [N-]=[N+]=NC1=CC(=O)C(=O)C(N=[N+]=[N-])=C1C(N)=O. The first kappa shape index (κ1) is 12.0. The lowest BCUT2D eigenvalue weighted by Crippen LogP contribution is -2.26. The van der Waals surface area contributed by atoms with E-state index in [2.05, 4.69) is 20.1 Å². The second kappa shape index (κ2) is 4.62. The average Bonchev–Trinajstić information content (AvgIpc) is 2.25. The van der Waals surface area contributed by atoms with E-state index in [9.17, 15) is 14.4 Å². The normalized spacial score (nSPS) is 14.7. The van der Waals surface area contributed by atoms with E-state index in [4.69, 9.17) is 16.8 Å². The van der Waals surface area contributed by atoms with Crippen LogP contribution in [0.1, 0.15) is 0 Å². The van der Waals surface area contributed by atoms with Gasteiger partial charge in [-0.15, -0.1) is 0 Å². The fourth-order valence-electron chi connectivity index (χ4n) is 1.12. The van der Waals surface area contributed by atoms with Gasteiger partial charge in [-0.1, -0.05) is 10.2 Å². The van der Waals surface area contributed by atoms with Crippen molar-refractivity contribution in [2.24, 2.45) is 16.0 Å². The molecule has 0 unspecified atom stereocenters. The highest BCUT2D eigenvalue weighted by Gasteiger charge is 2.30. The molecule has 0 aromatic heterocycles. The molecule has 1 aliphatic rings. The van der Waals surface area contributed by atoms with E-state index in [1.165, 1.54) is 0 Å². The number of carbonyl (C=O) groups excluding carboxylic acids is 3. The molecule has 1 rings (SSSR count). The molecule has 0 aromatic rings. The van der Waals surface area contributed by atoms with Crippen molar-refractivity contribution in [3.63, 3.8) is 0 Å². The Labute approximate surface area is 92.6 Å². The highest BCUT2D eigenvalue weighted by molar-refractivity contribution is 6.49. The zero-order chi connectivity index (χ0) is 13.0. The third-order valence-electron chi connectivity index (χ3n) is 1.74. The second-order valence-electron chi connectivity index (χ2n) is 2.69. The van der Waals surface area contributed by atoms with Crippen LogP contribution in [0.2, 0.25) is 0 Å². The lowest BCUT2D eigenvalue weighted by atomic mass is 9.98.